The number of ether oxygens (including phenoxy) is 2. The zero-order valence-electron chi connectivity index (χ0n) is 23.5. The molecule has 0 atom stereocenters. The summed E-state index contributed by atoms with van der Waals surface area (Å²) in [6, 6.07) is 17.0. The second kappa shape index (κ2) is 14.5. The highest BCUT2D eigenvalue weighted by molar-refractivity contribution is 6.01. The van der Waals surface area contributed by atoms with Crippen molar-refractivity contribution in [1.82, 2.24) is 4.98 Å². The summed E-state index contributed by atoms with van der Waals surface area (Å²) in [5.74, 6) is 2.57. The fraction of sp³-hybridized carbons (Fsp3) is 0.161. The summed E-state index contributed by atoms with van der Waals surface area (Å²) in [7, 11) is 1.54. The number of hydrazone groups is 1. The molecule has 0 radical (unpaired) electrons. The van der Waals surface area contributed by atoms with Crippen LogP contribution in [-0.2, 0) is 22.6 Å². The van der Waals surface area contributed by atoms with E-state index in [0.717, 1.165) is 18.2 Å². The van der Waals surface area contributed by atoms with Gasteiger partial charge in [0.25, 0.3) is 0 Å². The number of halogens is 3. The van der Waals surface area contributed by atoms with Crippen molar-refractivity contribution < 1.29 is 27.4 Å². The smallest absolute Gasteiger partial charge is 0.228 e. The topological polar surface area (TPSA) is 161 Å². The molecule has 226 valence electrons. The molecule has 44 heavy (non-hydrogen) atoms. The second-order valence-corrected chi connectivity index (χ2v) is 9.41. The molecule has 0 spiro atoms. The monoisotopic (exact) mass is 603 g/mol. The second-order valence-electron chi connectivity index (χ2n) is 9.41. The normalized spacial score (nSPS) is 11.1. The summed E-state index contributed by atoms with van der Waals surface area (Å²) in [4.78, 5) is 17.1. The number of pyridine rings is 1. The number of nitrogens with two attached hydrogens (primary N) is 2. The highest BCUT2D eigenvalue weighted by atomic mass is 19.1. The van der Waals surface area contributed by atoms with E-state index >= 15 is 8.78 Å². The van der Waals surface area contributed by atoms with E-state index in [1.807, 2.05) is 6.07 Å². The van der Waals surface area contributed by atoms with Gasteiger partial charge in [0.2, 0.25) is 11.8 Å². The lowest BCUT2D eigenvalue weighted by Gasteiger charge is -2.15. The third-order valence-electron chi connectivity index (χ3n) is 6.39. The number of nitrogens with one attached hydrogen (secondary N) is 2. The van der Waals surface area contributed by atoms with Gasteiger partial charge in [-0.05, 0) is 48.5 Å². The zero-order valence-corrected chi connectivity index (χ0v) is 23.5. The third-order valence-corrected chi connectivity index (χ3v) is 6.39. The highest BCUT2D eigenvalue weighted by Gasteiger charge is 2.17. The average Bonchev–Trinajstić information content (AvgIpc) is 3.02. The van der Waals surface area contributed by atoms with Crippen LogP contribution in [0.3, 0.4) is 0 Å². The van der Waals surface area contributed by atoms with Gasteiger partial charge < -0.3 is 31.7 Å². The first-order chi connectivity index (χ1) is 21.2. The number of rotatable bonds is 12. The Bertz CT molecular complexity index is 1740. The standard InChI is InChI=1S/C31H28F3N7O3/c1-43-10-9-38-28-13-19(31(36)41-37)7-8-27(28)39-29(42)14-21-12-25(34)22(15-24(21)33)26-3-2-4-30(40-26)44-17-20-6-5-18(16-35)11-23(20)32/h2-8,11-13,15,38H,9-10,14,17,37H2,1H3,(H2,36,41)(H,39,42). The summed E-state index contributed by atoms with van der Waals surface area (Å²) < 4.78 is 55.1. The van der Waals surface area contributed by atoms with E-state index in [4.69, 9.17) is 26.3 Å². The number of hydrogen-bond donors (Lipinski definition) is 4. The van der Waals surface area contributed by atoms with Crippen LogP contribution >= 0.6 is 0 Å². The predicted molar refractivity (Wildman–Crippen MR) is 159 cm³/mol. The molecule has 13 heteroatoms. The highest BCUT2D eigenvalue weighted by Crippen LogP contribution is 2.28. The first kappa shape index (κ1) is 31.3. The molecular formula is C31H28F3N7O3. The van der Waals surface area contributed by atoms with E-state index in [1.165, 1.54) is 30.3 Å². The lowest BCUT2D eigenvalue weighted by atomic mass is 10.0. The summed E-state index contributed by atoms with van der Waals surface area (Å²) >= 11 is 0. The molecule has 1 aromatic heterocycles. The van der Waals surface area contributed by atoms with Crippen LogP contribution in [0.4, 0.5) is 24.5 Å². The van der Waals surface area contributed by atoms with Crippen molar-refractivity contribution in [2.24, 2.45) is 16.7 Å². The van der Waals surface area contributed by atoms with Gasteiger partial charge in [0.15, 0.2) is 0 Å². The van der Waals surface area contributed by atoms with Crippen molar-refractivity contribution in [2.75, 3.05) is 30.9 Å². The Balaban J connectivity index is 1.48. The fourth-order valence-electron chi connectivity index (χ4n) is 4.14. The number of carbonyl (C=O) groups excluding carboxylic acids is 1. The molecule has 10 nitrogen and oxygen atoms in total. The van der Waals surface area contributed by atoms with Crippen LogP contribution in [0.1, 0.15) is 22.3 Å². The molecule has 0 saturated carbocycles. The first-order valence-electron chi connectivity index (χ1n) is 13.2. The van der Waals surface area contributed by atoms with Gasteiger partial charge in [-0.25, -0.2) is 18.2 Å². The summed E-state index contributed by atoms with van der Waals surface area (Å²) in [5.41, 5.74) is 7.29. The van der Waals surface area contributed by atoms with Crippen molar-refractivity contribution in [3.05, 3.63) is 106 Å². The number of methoxy groups -OCH3 is 1. The predicted octanol–water partition coefficient (Wildman–Crippen LogP) is 4.44. The van der Waals surface area contributed by atoms with Crippen LogP contribution in [0.25, 0.3) is 11.3 Å². The van der Waals surface area contributed by atoms with Crippen LogP contribution in [0.15, 0.2) is 71.8 Å². The van der Waals surface area contributed by atoms with Crippen LogP contribution in [0.5, 0.6) is 5.88 Å². The summed E-state index contributed by atoms with van der Waals surface area (Å²) in [6.45, 7) is 0.601. The number of benzene rings is 3. The van der Waals surface area contributed by atoms with E-state index in [-0.39, 0.29) is 46.3 Å². The largest absolute Gasteiger partial charge is 0.473 e. The Morgan fingerprint density at radius 2 is 1.80 bits per heavy atom. The minimum absolute atomic E-state index is 0.0509. The van der Waals surface area contributed by atoms with Gasteiger partial charge in [-0.1, -0.05) is 12.1 Å². The quantitative estimate of drug-likeness (QED) is 0.0608. The Morgan fingerprint density at radius 3 is 2.52 bits per heavy atom. The van der Waals surface area contributed by atoms with Crippen molar-refractivity contribution in [2.45, 2.75) is 13.0 Å². The van der Waals surface area contributed by atoms with E-state index in [1.54, 1.807) is 25.3 Å². The molecule has 1 amide bonds. The molecule has 6 N–H and O–H groups in total. The number of carbonyl (C=O) groups is 1. The maximum Gasteiger partial charge on any atom is 0.228 e. The number of hydrogen-bond acceptors (Lipinski definition) is 8. The van der Waals surface area contributed by atoms with Gasteiger partial charge in [0.1, 0.15) is 29.9 Å². The van der Waals surface area contributed by atoms with Gasteiger partial charge in [0, 0.05) is 42.0 Å². The molecule has 4 rings (SSSR count). The lowest BCUT2D eigenvalue weighted by molar-refractivity contribution is -0.115. The van der Waals surface area contributed by atoms with Crippen molar-refractivity contribution in [1.29, 1.82) is 5.26 Å². The molecule has 0 fully saturated rings. The molecule has 0 aliphatic rings. The maximum atomic E-state index is 15.2. The Kier molecular flexibility index (Phi) is 10.3. The number of amidine groups is 1. The van der Waals surface area contributed by atoms with Gasteiger partial charge in [-0.15, -0.1) is 0 Å². The Morgan fingerprint density at radius 1 is 1.00 bits per heavy atom. The van der Waals surface area contributed by atoms with Crippen molar-refractivity contribution >= 4 is 23.1 Å². The molecule has 0 unspecified atom stereocenters. The van der Waals surface area contributed by atoms with Crippen LogP contribution < -0.4 is 26.9 Å². The van der Waals surface area contributed by atoms with E-state index in [2.05, 4.69) is 20.7 Å². The van der Waals surface area contributed by atoms with E-state index < -0.39 is 29.8 Å². The van der Waals surface area contributed by atoms with E-state index in [0.29, 0.717) is 30.1 Å². The number of amides is 1. The van der Waals surface area contributed by atoms with Gasteiger partial charge in [0.05, 0.1) is 41.7 Å². The number of aromatic nitrogens is 1. The molecular weight excluding hydrogens is 575 g/mol. The molecule has 1 heterocycles. The van der Waals surface area contributed by atoms with Crippen molar-refractivity contribution in [3.8, 4) is 23.2 Å². The molecule has 3 aromatic carbocycles. The Hall–Kier alpha value is -5.61. The minimum Gasteiger partial charge on any atom is -0.473 e. The third kappa shape index (κ3) is 7.81. The Labute approximate surface area is 251 Å². The maximum absolute atomic E-state index is 15.2. The van der Waals surface area contributed by atoms with Gasteiger partial charge in [-0.2, -0.15) is 10.4 Å². The van der Waals surface area contributed by atoms with E-state index in [9.17, 15) is 9.18 Å². The lowest BCUT2D eigenvalue weighted by Crippen LogP contribution is -2.19. The summed E-state index contributed by atoms with van der Waals surface area (Å²) in [5, 5.41) is 18.2. The van der Waals surface area contributed by atoms with Crippen LogP contribution in [0.2, 0.25) is 0 Å². The molecule has 0 saturated heterocycles. The number of nitrogens with zero attached hydrogens (tertiary/aromatic N) is 3. The molecule has 0 bridgehead atoms. The molecule has 0 aliphatic carbocycles. The number of nitriles is 1. The molecule has 4 aromatic rings. The van der Waals surface area contributed by atoms with Crippen molar-refractivity contribution in [3.63, 3.8) is 0 Å². The fourth-order valence-corrected chi connectivity index (χ4v) is 4.14. The first-order valence-corrected chi connectivity index (χ1v) is 13.2. The zero-order chi connectivity index (χ0) is 31.6. The number of anilines is 2. The molecule has 0 aliphatic heterocycles. The van der Waals surface area contributed by atoms with Crippen LogP contribution in [0, 0.1) is 28.8 Å². The minimum atomic E-state index is -0.815. The van der Waals surface area contributed by atoms with Gasteiger partial charge in [-0.3, -0.25) is 4.79 Å². The summed E-state index contributed by atoms with van der Waals surface area (Å²) in [6.07, 6.45) is -0.457. The van der Waals surface area contributed by atoms with Crippen LogP contribution in [-0.4, -0.2) is 37.0 Å². The average molecular weight is 604 g/mol. The van der Waals surface area contributed by atoms with Gasteiger partial charge >= 0.3 is 0 Å². The SMILES string of the molecule is COCCNc1cc(/C(N)=N/N)ccc1NC(=O)Cc1cc(F)c(-c2cccc(OCc3ccc(C#N)cc3F)n2)cc1F.